The highest BCUT2D eigenvalue weighted by Crippen LogP contribution is 2.34. The monoisotopic (exact) mass is 387 g/mol. The molecule has 2 aromatic rings. The van der Waals surface area contributed by atoms with Crippen molar-refractivity contribution in [3.63, 3.8) is 0 Å². The molecule has 0 atom stereocenters. The van der Waals surface area contributed by atoms with Crippen LogP contribution in [0.1, 0.15) is 10.4 Å². The Hall–Kier alpha value is -2.93. The summed E-state index contributed by atoms with van der Waals surface area (Å²) >= 11 is 6.39. The van der Waals surface area contributed by atoms with Crippen LogP contribution in [-0.2, 0) is 4.79 Å². The van der Waals surface area contributed by atoms with Gasteiger partial charge in [-0.15, -0.1) is 0 Å². The van der Waals surface area contributed by atoms with Gasteiger partial charge in [0.25, 0.3) is 5.91 Å². The molecule has 4 rings (SSSR count). The number of piperazine rings is 1. The maximum atomic E-state index is 12.7. The first kappa shape index (κ1) is 17.5. The van der Waals surface area contributed by atoms with E-state index in [1.165, 1.54) is 0 Å². The van der Waals surface area contributed by atoms with E-state index in [4.69, 9.17) is 21.1 Å². The third-order valence-corrected chi connectivity index (χ3v) is 4.70. The SMILES string of the molecule is O=C1CN(c2ccc(NC(=O)c3cccc4c3OCCO4)cc2Cl)CCN1. The molecule has 0 unspecified atom stereocenters. The summed E-state index contributed by atoms with van der Waals surface area (Å²) in [4.78, 5) is 26.2. The molecule has 0 bridgehead atoms. The number of nitrogens with zero attached hydrogens (tertiary/aromatic N) is 1. The molecule has 2 aliphatic rings. The number of halogens is 1. The minimum Gasteiger partial charge on any atom is -0.486 e. The number of benzene rings is 2. The molecule has 7 nitrogen and oxygen atoms in total. The van der Waals surface area contributed by atoms with Gasteiger partial charge in [0, 0.05) is 18.8 Å². The van der Waals surface area contributed by atoms with Crippen molar-refractivity contribution in [3.05, 3.63) is 47.0 Å². The topological polar surface area (TPSA) is 79.9 Å². The fourth-order valence-electron chi connectivity index (χ4n) is 3.14. The minimum absolute atomic E-state index is 0.0363. The van der Waals surface area contributed by atoms with Gasteiger partial charge in [0.1, 0.15) is 13.2 Å². The summed E-state index contributed by atoms with van der Waals surface area (Å²) in [5.41, 5.74) is 1.72. The Bertz CT molecular complexity index is 903. The molecule has 1 fully saturated rings. The van der Waals surface area contributed by atoms with E-state index in [1.54, 1.807) is 36.4 Å². The van der Waals surface area contributed by atoms with Crippen LogP contribution in [0.3, 0.4) is 0 Å². The van der Waals surface area contributed by atoms with Crippen molar-refractivity contribution in [2.75, 3.05) is 43.1 Å². The van der Waals surface area contributed by atoms with Crippen LogP contribution in [0, 0.1) is 0 Å². The first-order valence-electron chi connectivity index (χ1n) is 8.63. The lowest BCUT2D eigenvalue weighted by Crippen LogP contribution is -2.47. The lowest BCUT2D eigenvalue weighted by atomic mass is 10.1. The predicted molar refractivity (Wildman–Crippen MR) is 102 cm³/mol. The molecule has 27 heavy (non-hydrogen) atoms. The largest absolute Gasteiger partial charge is 0.486 e. The Labute approximate surface area is 161 Å². The zero-order valence-electron chi connectivity index (χ0n) is 14.5. The average molecular weight is 388 g/mol. The summed E-state index contributed by atoms with van der Waals surface area (Å²) in [6.07, 6.45) is 0. The summed E-state index contributed by atoms with van der Waals surface area (Å²) < 4.78 is 11.1. The number of nitrogens with one attached hydrogen (secondary N) is 2. The van der Waals surface area contributed by atoms with E-state index in [1.807, 2.05) is 4.90 Å². The molecule has 1 saturated heterocycles. The second-order valence-corrected chi connectivity index (χ2v) is 6.63. The molecule has 2 heterocycles. The number of fused-ring (bicyclic) bond motifs is 1. The predicted octanol–water partition coefficient (Wildman–Crippen LogP) is 2.30. The van der Waals surface area contributed by atoms with Gasteiger partial charge in [-0.25, -0.2) is 0 Å². The first-order chi connectivity index (χ1) is 13.1. The van der Waals surface area contributed by atoms with Crippen LogP contribution < -0.4 is 25.0 Å². The molecule has 2 aromatic carbocycles. The van der Waals surface area contributed by atoms with Gasteiger partial charge in [0.15, 0.2) is 11.5 Å². The number of amides is 2. The summed E-state index contributed by atoms with van der Waals surface area (Å²) in [6, 6.07) is 10.4. The van der Waals surface area contributed by atoms with Crippen molar-refractivity contribution in [1.82, 2.24) is 5.32 Å². The molecule has 0 saturated carbocycles. The molecule has 140 valence electrons. The molecule has 8 heteroatoms. The van der Waals surface area contributed by atoms with Crippen LogP contribution in [0.5, 0.6) is 11.5 Å². The van der Waals surface area contributed by atoms with E-state index in [-0.39, 0.29) is 18.4 Å². The number of hydrogen-bond acceptors (Lipinski definition) is 5. The average Bonchev–Trinajstić information content (AvgIpc) is 2.67. The third-order valence-electron chi connectivity index (χ3n) is 4.40. The molecule has 0 aromatic heterocycles. The first-order valence-corrected chi connectivity index (χ1v) is 9.01. The number of ether oxygens (including phenoxy) is 2. The molecule has 0 radical (unpaired) electrons. The maximum absolute atomic E-state index is 12.7. The van der Waals surface area contributed by atoms with Crippen molar-refractivity contribution in [2.24, 2.45) is 0 Å². The van der Waals surface area contributed by atoms with Crippen LogP contribution in [0.15, 0.2) is 36.4 Å². The summed E-state index contributed by atoms with van der Waals surface area (Å²) in [6.45, 7) is 2.39. The quantitative estimate of drug-likeness (QED) is 0.844. The van der Waals surface area contributed by atoms with E-state index in [0.717, 1.165) is 5.69 Å². The number of anilines is 2. The molecular weight excluding hydrogens is 370 g/mol. The Morgan fingerprint density at radius 2 is 2.04 bits per heavy atom. The zero-order valence-corrected chi connectivity index (χ0v) is 15.2. The van der Waals surface area contributed by atoms with E-state index < -0.39 is 0 Å². The Morgan fingerprint density at radius 3 is 2.85 bits per heavy atom. The standard InChI is InChI=1S/C19H18ClN3O4/c20-14-10-12(4-5-15(14)23-7-6-21-17(24)11-23)22-19(25)13-2-1-3-16-18(13)27-9-8-26-16/h1-5,10H,6-9,11H2,(H,21,24)(H,22,25). The summed E-state index contributed by atoms with van der Waals surface area (Å²) in [5, 5.41) is 6.08. The van der Waals surface area contributed by atoms with E-state index in [0.29, 0.717) is 54.1 Å². The van der Waals surface area contributed by atoms with Gasteiger partial charge < -0.3 is 25.0 Å². The fraction of sp³-hybridized carbons (Fsp3) is 0.263. The van der Waals surface area contributed by atoms with Gasteiger partial charge in [0.05, 0.1) is 22.8 Å². The van der Waals surface area contributed by atoms with Crippen LogP contribution in [0.4, 0.5) is 11.4 Å². The number of rotatable bonds is 3. The van der Waals surface area contributed by atoms with E-state index >= 15 is 0 Å². The Morgan fingerprint density at radius 1 is 1.19 bits per heavy atom. The third kappa shape index (κ3) is 3.64. The van der Waals surface area contributed by atoms with E-state index in [9.17, 15) is 9.59 Å². The molecule has 2 aliphatic heterocycles. The van der Waals surface area contributed by atoms with Gasteiger partial charge >= 0.3 is 0 Å². The Balaban J connectivity index is 1.52. The summed E-state index contributed by atoms with van der Waals surface area (Å²) in [5.74, 6) is 0.665. The number of para-hydroxylation sites is 1. The lowest BCUT2D eigenvalue weighted by Gasteiger charge is -2.29. The second-order valence-electron chi connectivity index (χ2n) is 6.22. The minimum atomic E-state index is -0.307. The van der Waals surface area contributed by atoms with Gasteiger partial charge in [-0.1, -0.05) is 17.7 Å². The van der Waals surface area contributed by atoms with Crippen molar-refractivity contribution in [1.29, 1.82) is 0 Å². The van der Waals surface area contributed by atoms with Crippen molar-refractivity contribution in [2.45, 2.75) is 0 Å². The molecule has 2 amide bonds. The maximum Gasteiger partial charge on any atom is 0.259 e. The zero-order chi connectivity index (χ0) is 18.8. The number of hydrogen-bond donors (Lipinski definition) is 2. The van der Waals surface area contributed by atoms with Gasteiger partial charge in [0.2, 0.25) is 5.91 Å². The highest BCUT2D eigenvalue weighted by atomic mass is 35.5. The molecule has 0 aliphatic carbocycles. The molecule has 2 N–H and O–H groups in total. The van der Waals surface area contributed by atoms with Crippen molar-refractivity contribution in [3.8, 4) is 11.5 Å². The second kappa shape index (κ2) is 7.36. The molecular formula is C19H18ClN3O4. The van der Waals surface area contributed by atoms with E-state index in [2.05, 4.69) is 10.6 Å². The molecule has 0 spiro atoms. The summed E-state index contributed by atoms with van der Waals surface area (Å²) in [7, 11) is 0. The highest BCUT2D eigenvalue weighted by Gasteiger charge is 2.22. The van der Waals surface area contributed by atoms with Gasteiger partial charge in [-0.2, -0.15) is 0 Å². The van der Waals surface area contributed by atoms with Crippen molar-refractivity contribution >= 4 is 34.8 Å². The van der Waals surface area contributed by atoms with Crippen LogP contribution in [0.25, 0.3) is 0 Å². The van der Waals surface area contributed by atoms with Crippen LogP contribution in [-0.4, -0.2) is 44.7 Å². The number of carbonyl (C=O) groups is 2. The highest BCUT2D eigenvalue weighted by molar-refractivity contribution is 6.33. The normalized spacial score (nSPS) is 15.9. The lowest BCUT2D eigenvalue weighted by molar-refractivity contribution is -0.120. The number of carbonyl (C=O) groups excluding carboxylic acids is 2. The van der Waals surface area contributed by atoms with Crippen LogP contribution in [0.2, 0.25) is 5.02 Å². The Kier molecular flexibility index (Phi) is 4.77. The van der Waals surface area contributed by atoms with Crippen molar-refractivity contribution < 1.29 is 19.1 Å². The van der Waals surface area contributed by atoms with Gasteiger partial charge in [-0.05, 0) is 30.3 Å². The van der Waals surface area contributed by atoms with Crippen LogP contribution >= 0.6 is 11.6 Å². The fourth-order valence-corrected chi connectivity index (χ4v) is 3.44. The van der Waals surface area contributed by atoms with Gasteiger partial charge in [-0.3, -0.25) is 9.59 Å². The smallest absolute Gasteiger partial charge is 0.259 e.